The molecule has 0 bridgehead atoms. The molecule has 0 aliphatic heterocycles. The molecule has 2 amide bonds. The standard InChI is InChI=1S/C26H24N2O7/c1-14-5-7-21(15(2)9-14)35-22-8-6-17(10-16(22)3)28-25(31)18-11-20(24(30)27-4)23(34-13-29)12-19(18)26(32)33/h5-13H,1-4H3,(H,27,30)(H,28,31)(H,32,33). The summed E-state index contributed by atoms with van der Waals surface area (Å²) in [5.74, 6) is -1.82. The Labute approximate surface area is 201 Å². The van der Waals surface area contributed by atoms with Crippen LogP contribution in [0.1, 0.15) is 47.8 Å². The third kappa shape index (κ3) is 5.64. The summed E-state index contributed by atoms with van der Waals surface area (Å²) >= 11 is 0. The van der Waals surface area contributed by atoms with E-state index in [1.54, 1.807) is 18.2 Å². The van der Waals surface area contributed by atoms with Gasteiger partial charge < -0.3 is 25.2 Å². The summed E-state index contributed by atoms with van der Waals surface area (Å²) in [4.78, 5) is 47.7. The fraction of sp³-hybridized carbons (Fsp3) is 0.154. The van der Waals surface area contributed by atoms with Crippen LogP contribution < -0.4 is 20.1 Å². The molecule has 0 saturated heterocycles. The van der Waals surface area contributed by atoms with Crippen molar-refractivity contribution in [1.82, 2.24) is 5.32 Å². The third-order valence-corrected chi connectivity index (χ3v) is 5.22. The van der Waals surface area contributed by atoms with Crippen LogP contribution in [0.25, 0.3) is 0 Å². The summed E-state index contributed by atoms with van der Waals surface area (Å²) in [6.07, 6.45) is 0. The fourth-order valence-corrected chi connectivity index (χ4v) is 3.48. The van der Waals surface area contributed by atoms with Crippen molar-refractivity contribution < 1.29 is 33.8 Å². The van der Waals surface area contributed by atoms with E-state index in [4.69, 9.17) is 9.47 Å². The summed E-state index contributed by atoms with van der Waals surface area (Å²) in [6, 6.07) is 12.9. The molecule has 0 saturated carbocycles. The van der Waals surface area contributed by atoms with E-state index < -0.39 is 23.3 Å². The van der Waals surface area contributed by atoms with Crippen LogP contribution in [0.3, 0.4) is 0 Å². The van der Waals surface area contributed by atoms with Crippen molar-refractivity contribution in [1.29, 1.82) is 0 Å². The molecule has 3 rings (SSSR count). The van der Waals surface area contributed by atoms with Crippen LogP contribution in [0.2, 0.25) is 0 Å². The minimum atomic E-state index is -1.43. The molecule has 0 aliphatic carbocycles. The number of hydrogen-bond acceptors (Lipinski definition) is 6. The molecule has 0 aliphatic rings. The second kappa shape index (κ2) is 10.5. The lowest BCUT2D eigenvalue weighted by Gasteiger charge is -2.15. The lowest BCUT2D eigenvalue weighted by Crippen LogP contribution is -2.22. The molecule has 9 heteroatoms. The molecule has 0 aromatic heterocycles. The Kier molecular flexibility index (Phi) is 7.50. The van der Waals surface area contributed by atoms with Crippen molar-refractivity contribution >= 4 is 29.9 Å². The van der Waals surface area contributed by atoms with Crippen LogP contribution in [0, 0.1) is 20.8 Å². The molecule has 9 nitrogen and oxygen atoms in total. The fourth-order valence-electron chi connectivity index (χ4n) is 3.48. The van der Waals surface area contributed by atoms with Crippen LogP contribution >= 0.6 is 0 Å². The van der Waals surface area contributed by atoms with Gasteiger partial charge in [-0.1, -0.05) is 17.7 Å². The molecule has 0 spiro atoms. The van der Waals surface area contributed by atoms with Gasteiger partial charge in [0.1, 0.15) is 17.2 Å². The van der Waals surface area contributed by atoms with Gasteiger partial charge in [0.25, 0.3) is 18.3 Å². The van der Waals surface area contributed by atoms with Crippen molar-refractivity contribution in [2.24, 2.45) is 0 Å². The Bertz CT molecular complexity index is 1330. The normalized spacial score (nSPS) is 10.3. The van der Waals surface area contributed by atoms with E-state index in [1.165, 1.54) is 7.05 Å². The zero-order chi connectivity index (χ0) is 25.7. The first-order valence-corrected chi connectivity index (χ1v) is 10.6. The number of benzene rings is 3. The number of rotatable bonds is 8. The van der Waals surface area contributed by atoms with Crippen molar-refractivity contribution in [2.75, 3.05) is 12.4 Å². The average Bonchev–Trinajstić information content (AvgIpc) is 2.81. The van der Waals surface area contributed by atoms with Crippen molar-refractivity contribution in [3.05, 3.63) is 81.9 Å². The smallest absolute Gasteiger partial charge is 0.336 e. The number of carbonyl (C=O) groups excluding carboxylic acids is 3. The van der Waals surface area contributed by atoms with Gasteiger partial charge >= 0.3 is 5.97 Å². The van der Waals surface area contributed by atoms with Gasteiger partial charge in [0.05, 0.1) is 16.7 Å². The van der Waals surface area contributed by atoms with Gasteiger partial charge in [-0.3, -0.25) is 14.4 Å². The minimum Gasteiger partial charge on any atom is -0.478 e. The van der Waals surface area contributed by atoms with Crippen LogP contribution in [-0.4, -0.2) is 36.4 Å². The van der Waals surface area contributed by atoms with Gasteiger partial charge in [0.15, 0.2) is 0 Å². The van der Waals surface area contributed by atoms with E-state index in [2.05, 4.69) is 10.6 Å². The maximum absolute atomic E-state index is 13.0. The Hall–Kier alpha value is -4.66. The molecular weight excluding hydrogens is 452 g/mol. The van der Waals surface area contributed by atoms with E-state index >= 15 is 0 Å². The molecular formula is C26H24N2O7. The molecule has 3 aromatic carbocycles. The third-order valence-electron chi connectivity index (χ3n) is 5.22. The number of aryl methyl sites for hydroxylation is 3. The summed E-state index contributed by atoms with van der Waals surface area (Å²) in [7, 11) is 1.35. The number of aromatic carboxylic acids is 1. The Balaban J connectivity index is 1.91. The summed E-state index contributed by atoms with van der Waals surface area (Å²) in [6.45, 7) is 5.82. The topological polar surface area (TPSA) is 131 Å². The van der Waals surface area contributed by atoms with Crippen LogP contribution in [0.15, 0.2) is 48.5 Å². The average molecular weight is 476 g/mol. The quantitative estimate of drug-likeness (QED) is 0.414. The zero-order valence-corrected chi connectivity index (χ0v) is 19.6. The predicted octanol–water partition coefficient (Wildman–Crippen LogP) is 4.25. The summed E-state index contributed by atoms with van der Waals surface area (Å²) in [5, 5.41) is 14.6. The van der Waals surface area contributed by atoms with Crippen molar-refractivity contribution in [3.8, 4) is 17.2 Å². The zero-order valence-electron chi connectivity index (χ0n) is 19.6. The van der Waals surface area contributed by atoms with Gasteiger partial charge in [0, 0.05) is 12.7 Å². The van der Waals surface area contributed by atoms with Crippen molar-refractivity contribution in [2.45, 2.75) is 20.8 Å². The van der Waals surface area contributed by atoms with Crippen LogP contribution in [-0.2, 0) is 4.79 Å². The predicted molar refractivity (Wildman–Crippen MR) is 129 cm³/mol. The highest BCUT2D eigenvalue weighted by Crippen LogP contribution is 2.30. The van der Waals surface area contributed by atoms with E-state index in [0.29, 0.717) is 17.2 Å². The molecule has 0 atom stereocenters. The number of anilines is 1. The first-order valence-electron chi connectivity index (χ1n) is 10.6. The second-order valence-electron chi connectivity index (χ2n) is 7.80. The molecule has 3 aromatic rings. The monoisotopic (exact) mass is 476 g/mol. The van der Waals surface area contributed by atoms with Gasteiger partial charge in [-0.05, 0) is 68.3 Å². The lowest BCUT2D eigenvalue weighted by atomic mass is 10.0. The number of carboxylic acids is 1. The van der Waals surface area contributed by atoms with Crippen LogP contribution in [0.5, 0.6) is 17.2 Å². The second-order valence-corrected chi connectivity index (χ2v) is 7.80. The number of nitrogens with one attached hydrogen (secondary N) is 2. The van der Waals surface area contributed by atoms with E-state index in [1.807, 2.05) is 39.0 Å². The van der Waals surface area contributed by atoms with Gasteiger partial charge in [-0.25, -0.2) is 4.79 Å². The lowest BCUT2D eigenvalue weighted by molar-refractivity contribution is -0.120. The molecule has 0 heterocycles. The molecule has 0 fully saturated rings. The van der Waals surface area contributed by atoms with Crippen LogP contribution in [0.4, 0.5) is 5.69 Å². The Morgan fingerprint density at radius 1 is 0.800 bits per heavy atom. The summed E-state index contributed by atoms with van der Waals surface area (Å²) < 4.78 is 10.7. The first-order chi connectivity index (χ1) is 16.6. The highest BCUT2D eigenvalue weighted by molar-refractivity contribution is 6.13. The Morgan fingerprint density at radius 3 is 2.03 bits per heavy atom. The molecule has 3 N–H and O–H groups in total. The maximum Gasteiger partial charge on any atom is 0.336 e. The SMILES string of the molecule is CNC(=O)c1cc(C(=O)Nc2ccc(Oc3ccc(C)cc3C)c(C)c2)c(C(=O)O)cc1OC=O. The van der Waals surface area contributed by atoms with Gasteiger partial charge in [0.2, 0.25) is 0 Å². The number of carbonyl (C=O) groups is 4. The largest absolute Gasteiger partial charge is 0.478 e. The van der Waals surface area contributed by atoms with E-state index in [-0.39, 0.29) is 23.3 Å². The first kappa shape index (κ1) is 25.0. The minimum absolute atomic E-state index is 0.0671. The number of hydrogen-bond donors (Lipinski definition) is 3. The number of amides is 2. The number of ether oxygens (including phenoxy) is 2. The van der Waals surface area contributed by atoms with Gasteiger partial charge in [-0.2, -0.15) is 0 Å². The molecule has 0 radical (unpaired) electrons. The van der Waals surface area contributed by atoms with E-state index in [0.717, 1.165) is 28.8 Å². The highest BCUT2D eigenvalue weighted by atomic mass is 16.5. The molecule has 180 valence electrons. The van der Waals surface area contributed by atoms with Crippen molar-refractivity contribution in [3.63, 3.8) is 0 Å². The molecule has 0 unspecified atom stereocenters. The Morgan fingerprint density at radius 2 is 1.46 bits per heavy atom. The highest BCUT2D eigenvalue weighted by Gasteiger charge is 2.24. The van der Waals surface area contributed by atoms with Gasteiger partial charge in [-0.15, -0.1) is 0 Å². The number of carboxylic acid groups (broad SMARTS) is 1. The maximum atomic E-state index is 13.0. The molecule has 35 heavy (non-hydrogen) atoms. The summed E-state index contributed by atoms with van der Waals surface area (Å²) in [5.41, 5.74) is 2.37. The van der Waals surface area contributed by atoms with E-state index in [9.17, 15) is 24.3 Å².